The minimum absolute atomic E-state index is 0.00556. The van der Waals surface area contributed by atoms with Crippen LogP contribution < -0.4 is 15.1 Å². The first kappa shape index (κ1) is 17.1. The van der Waals surface area contributed by atoms with Gasteiger partial charge in [0.15, 0.2) is 6.61 Å². The highest BCUT2D eigenvalue weighted by atomic mass is 16.5. The number of hydrogen-bond donors (Lipinski definition) is 0. The van der Waals surface area contributed by atoms with Gasteiger partial charge in [-0.15, -0.1) is 0 Å². The zero-order valence-electron chi connectivity index (χ0n) is 14.4. The SMILES string of the molecule is Cc1cc(OC2CCN(C(=O)COc3ccccc3C)C2)cc(=O)o1. The number of hydrogen-bond acceptors (Lipinski definition) is 5. The molecule has 1 unspecified atom stereocenters. The van der Waals surface area contributed by atoms with Crippen molar-refractivity contribution in [1.29, 1.82) is 0 Å². The average molecular weight is 343 g/mol. The molecule has 2 heterocycles. The van der Waals surface area contributed by atoms with E-state index >= 15 is 0 Å². The molecule has 1 aliphatic rings. The maximum Gasteiger partial charge on any atom is 0.339 e. The molecule has 1 aliphatic heterocycles. The minimum Gasteiger partial charge on any atom is -0.488 e. The Balaban J connectivity index is 1.52. The fourth-order valence-electron chi connectivity index (χ4n) is 2.84. The molecular weight excluding hydrogens is 322 g/mol. The van der Waals surface area contributed by atoms with Gasteiger partial charge in [0, 0.05) is 19.0 Å². The summed E-state index contributed by atoms with van der Waals surface area (Å²) in [6.07, 6.45) is 0.582. The number of likely N-dealkylation sites (tertiary alicyclic amines) is 1. The van der Waals surface area contributed by atoms with Gasteiger partial charge in [0.2, 0.25) is 0 Å². The summed E-state index contributed by atoms with van der Waals surface area (Å²) in [5, 5.41) is 0. The van der Waals surface area contributed by atoms with Crippen molar-refractivity contribution in [3.05, 3.63) is 58.1 Å². The van der Waals surface area contributed by atoms with E-state index in [2.05, 4.69) is 0 Å². The summed E-state index contributed by atoms with van der Waals surface area (Å²) in [4.78, 5) is 25.4. The van der Waals surface area contributed by atoms with Gasteiger partial charge >= 0.3 is 5.63 Å². The van der Waals surface area contributed by atoms with E-state index in [1.165, 1.54) is 6.07 Å². The summed E-state index contributed by atoms with van der Waals surface area (Å²) in [5.41, 5.74) is 0.559. The standard InChI is InChI=1S/C19H21NO5/c1-13-5-3-4-6-17(13)23-12-18(21)20-8-7-15(11-20)25-16-9-14(2)24-19(22)10-16/h3-6,9-10,15H,7-8,11-12H2,1-2H3. The third kappa shape index (κ3) is 4.41. The normalized spacial score (nSPS) is 16.7. The summed E-state index contributed by atoms with van der Waals surface area (Å²) >= 11 is 0. The molecular formula is C19H21NO5. The van der Waals surface area contributed by atoms with Gasteiger partial charge in [0.05, 0.1) is 12.6 Å². The van der Waals surface area contributed by atoms with Crippen LogP contribution in [0.25, 0.3) is 0 Å². The van der Waals surface area contributed by atoms with E-state index in [-0.39, 0.29) is 18.6 Å². The Morgan fingerprint density at radius 1 is 1.28 bits per heavy atom. The smallest absolute Gasteiger partial charge is 0.339 e. The quantitative estimate of drug-likeness (QED) is 0.833. The summed E-state index contributed by atoms with van der Waals surface area (Å²) in [7, 11) is 0. The van der Waals surface area contributed by atoms with Crippen LogP contribution in [0.5, 0.6) is 11.5 Å². The van der Waals surface area contributed by atoms with Gasteiger partial charge in [0.1, 0.15) is 23.4 Å². The summed E-state index contributed by atoms with van der Waals surface area (Å²) < 4.78 is 16.3. The van der Waals surface area contributed by atoms with Crippen molar-refractivity contribution in [2.45, 2.75) is 26.4 Å². The number of aryl methyl sites for hydroxylation is 2. The molecule has 1 amide bonds. The lowest BCUT2D eigenvalue weighted by Gasteiger charge is -2.18. The fraction of sp³-hybridized carbons (Fsp3) is 0.368. The Morgan fingerprint density at radius 3 is 2.84 bits per heavy atom. The van der Waals surface area contributed by atoms with E-state index in [0.29, 0.717) is 30.3 Å². The van der Waals surface area contributed by atoms with Crippen LogP contribution in [0.2, 0.25) is 0 Å². The van der Waals surface area contributed by atoms with Crippen LogP contribution in [0, 0.1) is 13.8 Å². The van der Waals surface area contributed by atoms with Crippen LogP contribution in [-0.2, 0) is 4.79 Å². The maximum absolute atomic E-state index is 12.3. The summed E-state index contributed by atoms with van der Waals surface area (Å²) in [5.74, 6) is 1.62. The van der Waals surface area contributed by atoms with Crippen molar-refractivity contribution in [1.82, 2.24) is 4.90 Å². The second-order valence-corrected chi connectivity index (χ2v) is 6.15. The average Bonchev–Trinajstić information content (AvgIpc) is 3.01. The molecule has 0 aliphatic carbocycles. The highest BCUT2D eigenvalue weighted by Gasteiger charge is 2.28. The maximum atomic E-state index is 12.3. The van der Waals surface area contributed by atoms with Crippen molar-refractivity contribution < 1.29 is 18.7 Å². The molecule has 0 saturated carbocycles. The zero-order chi connectivity index (χ0) is 17.8. The van der Waals surface area contributed by atoms with Crippen molar-refractivity contribution >= 4 is 5.91 Å². The molecule has 1 aromatic heterocycles. The van der Waals surface area contributed by atoms with Gasteiger partial charge < -0.3 is 18.8 Å². The van der Waals surface area contributed by atoms with Crippen LogP contribution in [-0.4, -0.2) is 36.6 Å². The van der Waals surface area contributed by atoms with E-state index < -0.39 is 5.63 Å². The predicted molar refractivity (Wildman–Crippen MR) is 92.0 cm³/mol. The number of carbonyl (C=O) groups is 1. The summed E-state index contributed by atoms with van der Waals surface area (Å²) in [6, 6.07) is 10.6. The first-order valence-corrected chi connectivity index (χ1v) is 8.26. The van der Waals surface area contributed by atoms with E-state index in [1.807, 2.05) is 31.2 Å². The number of nitrogens with zero attached hydrogens (tertiary/aromatic N) is 1. The molecule has 6 heteroatoms. The molecule has 0 bridgehead atoms. The lowest BCUT2D eigenvalue weighted by Crippen LogP contribution is -2.34. The fourth-order valence-corrected chi connectivity index (χ4v) is 2.84. The second-order valence-electron chi connectivity index (χ2n) is 6.15. The third-order valence-corrected chi connectivity index (χ3v) is 4.11. The molecule has 6 nitrogen and oxygen atoms in total. The topological polar surface area (TPSA) is 69.0 Å². The van der Waals surface area contributed by atoms with E-state index in [9.17, 15) is 9.59 Å². The Labute approximate surface area is 146 Å². The zero-order valence-corrected chi connectivity index (χ0v) is 14.4. The van der Waals surface area contributed by atoms with Crippen LogP contribution >= 0.6 is 0 Å². The van der Waals surface area contributed by atoms with Crippen molar-refractivity contribution in [2.75, 3.05) is 19.7 Å². The lowest BCUT2D eigenvalue weighted by molar-refractivity contribution is -0.132. The second kappa shape index (κ2) is 7.42. The Kier molecular flexibility index (Phi) is 5.07. The van der Waals surface area contributed by atoms with E-state index in [0.717, 1.165) is 12.0 Å². The van der Waals surface area contributed by atoms with E-state index in [1.54, 1.807) is 17.9 Å². The number of carbonyl (C=O) groups excluding carboxylic acids is 1. The van der Waals surface area contributed by atoms with Crippen molar-refractivity contribution in [3.8, 4) is 11.5 Å². The highest BCUT2D eigenvalue weighted by Crippen LogP contribution is 2.19. The molecule has 2 aromatic rings. The van der Waals surface area contributed by atoms with Gasteiger partial charge in [-0.25, -0.2) is 4.79 Å². The molecule has 0 spiro atoms. The molecule has 0 radical (unpaired) electrons. The first-order valence-electron chi connectivity index (χ1n) is 8.26. The van der Waals surface area contributed by atoms with Gasteiger partial charge in [-0.3, -0.25) is 4.79 Å². The van der Waals surface area contributed by atoms with Crippen LogP contribution in [0.1, 0.15) is 17.7 Å². The molecule has 0 N–H and O–H groups in total. The highest BCUT2D eigenvalue weighted by molar-refractivity contribution is 5.78. The monoisotopic (exact) mass is 343 g/mol. The molecule has 1 atom stereocenters. The molecule has 1 aromatic carbocycles. The predicted octanol–water partition coefficient (Wildman–Crippen LogP) is 2.32. The number of benzene rings is 1. The lowest BCUT2D eigenvalue weighted by atomic mass is 10.2. The summed E-state index contributed by atoms with van der Waals surface area (Å²) in [6.45, 7) is 4.74. The molecule has 1 saturated heterocycles. The van der Waals surface area contributed by atoms with Crippen molar-refractivity contribution in [2.24, 2.45) is 0 Å². The largest absolute Gasteiger partial charge is 0.488 e. The number of ether oxygens (including phenoxy) is 2. The first-order chi connectivity index (χ1) is 12.0. The molecule has 1 fully saturated rings. The molecule has 132 valence electrons. The minimum atomic E-state index is -0.437. The van der Waals surface area contributed by atoms with Gasteiger partial charge in [-0.1, -0.05) is 18.2 Å². The number of amides is 1. The van der Waals surface area contributed by atoms with Crippen LogP contribution in [0.3, 0.4) is 0 Å². The van der Waals surface area contributed by atoms with Crippen LogP contribution in [0.4, 0.5) is 0 Å². The van der Waals surface area contributed by atoms with Gasteiger partial charge in [-0.05, 0) is 25.5 Å². The number of rotatable bonds is 5. The Bertz CT molecular complexity index is 813. The van der Waals surface area contributed by atoms with E-state index in [4.69, 9.17) is 13.9 Å². The Hall–Kier alpha value is -2.76. The van der Waals surface area contributed by atoms with Crippen molar-refractivity contribution in [3.63, 3.8) is 0 Å². The number of para-hydroxylation sites is 1. The third-order valence-electron chi connectivity index (χ3n) is 4.11. The van der Waals surface area contributed by atoms with Gasteiger partial charge in [0.25, 0.3) is 5.91 Å². The molecule has 25 heavy (non-hydrogen) atoms. The van der Waals surface area contributed by atoms with Gasteiger partial charge in [-0.2, -0.15) is 0 Å². The van der Waals surface area contributed by atoms with Crippen LogP contribution in [0.15, 0.2) is 45.6 Å². The Morgan fingerprint density at radius 2 is 2.08 bits per heavy atom. The molecule has 3 rings (SSSR count).